The van der Waals surface area contributed by atoms with Crippen molar-refractivity contribution >= 4 is 23.2 Å². The number of pyridine rings is 1. The van der Waals surface area contributed by atoms with Crippen molar-refractivity contribution < 1.29 is 9.59 Å². The van der Waals surface area contributed by atoms with Crippen LogP contribution >= 0.6 is 11.3 Å². The van der Waals surface area contributed by atoms with E-state index in [2.05, 4.69) is 51.4 Å². The van der Waals surface area contributed by atoms with Crippen LogP contribution in [0.2, 0.25) is 0 Å². The van der Waals surface area contributed by atoms with Crippen molar-refractivity contribution in [3.8, 4) is 11.1 Å². The van der Waals surface area contributed by atoms with Crippen LogP contribution in [0.15, 0.2) is 65.5 Å². The third-order valence-electron chi connectivity index (χ3n) is 5.58. The first-order valence-electron chi connectivity index (χ1n) is 9.65. The average Bonchev–Trinajstić information content (AvgIpc) is 3.45. The molecule has 148 valence electrons. The smallest absolute Gasteiger partial charge is 0.272 e. The molecule has 3 aromatic rings. The fraction of sp³-hybridized carbons (Fsp3) is 0.261. The number of carbonyl (C=O) groups is 2. The Kier molecular flexibility index (Phi) is 5.45. The highest BCUT2D eigenvalue weighted by Gasteiger charge is 2.45. The second-order valence-electron chi connectivity index (χ2n) is 7.44. The lowest BCUT2D eigenvalue weighted by Crippen LogP contribution is -2.44. The summed E-state index contributed by atoms with van der Waals surface area (Å²) in [4.78, 5) is 31.6. The van der Waals surface area contributed by atoms with E-state index in [4.69, 9.17) is 0 Å². The maximum atomic E-state index is 12.8. The molecule has 1 unspecified atom stereocenters. The Hall–Kier alpha value is -2.99. The summed E-state index contributed by atoms with van der Waals surface area (Å²) in [6, 6.07) is 15.8. The molecule has 5 nitrogen and oxygen atoms in total. The molecule has 0 radical (unpaired) electrons. The SMILES string of the molecule is CNC(=O)C1(Cc2ccc(-c3ccsc3)cc2)CCN(C(=O)c2ccccn2)C1. The van der Waals surface area contributed by atoms with Crippen molar-refractivity contribution in [1.29, 1.82) is 0 Å². The van der Waals surface area contributed by atoms with Gasteiger partial charge >= 0.3 is 0 Å². The van der Waals surface area contributed by atoms with Crippen LogP contribution in [0.1, 0.15) is 22.5 Å². The van der Waals surface area contributed by atoms with Gasteiger partial charge in [-0.05, 0) is 58.5 Å². The molecule has 29 heavy (non-hydrogen) atoms. The van der Waals surface area contributed by atoms with Crippen LogP contribution in [0, 0.1) is 5.41 Å². The van der Waals surface area contributed by atoms with Crippen molar-refractivity contribution in [2.45, 2.75) is 12.8 Å². The summed E-state index contributed by atoms with van der Waals surface area (Å²) in [6.07, 6.45) is 2.85. The molecule has 1 fully saturated rings. The molecule has 0 aliphatic carbocycles. The van der Waals surface area contributed by atoms with Gasteiger partial charge in [-0.15, -0.1) is 0 Å². The van der Waals surface area contributed by atoms with Gasteiger partial charge in [-0.3, -0.25) is 14.6 Å². The summed E-state index contributed by atoms with van der Waals surface area (Å²) in [7, 11) is 1.66. The molecule has 1 atom stereocenters. The Morgan fingerprint density at radius 3 is 2.62 bits per heavy atom. The molecular weight excluding hydrogens is 382 g/mol. The zero-order valence-electron chi connectivity index (χ0n) is 16.3. The summed E-state index contributed by atoms with van der Waals surface area (Å²) in [6.45, 7) is 0.949. The van der Waals surface area contributed by atoms with Gasteiger partial charge < -0.3 is 10.2 Å². The van der Waals surface area contributed by atoms with E-state index in [1.54, 1.807) is 47.7 Å². The monoisotopic (exact) mass is 405 g/mol. The maximum absolute atomic E-state index is 12.8. The van der Waals surface area contributed by atoms with E-state index in [-0.39, 0.29) is 11.8 Å². The van der Waals surface area contributed by atoms with Gasteiger partial charge in [0.1, 0.15) is 5.69 Å². The second-order valence-corrected chi connectivity index (χ2v) is 8.22. The normalized spacial score (nSPS) is 18.6. The van der Waals surface area contributed by atoms with Crippen molar-refractivity contribution in [1.82, 2.24) is 15.2 Å². The van der Waals surface area contributed by atoms with Gasteiger partial charge in [0.2, 0.25) is 5.91 Å². The van der Waals surface area contributed by atoms with E-state index in [1.807, 2.05) is 0 Å². The summed E-state index contributed by atoms with van der Waals surface area (Å²) in [5.74, 6) is -0.139. The lowest BCUT2D eigenvalue weighted by Gasteiger charge is -2.27. The fourth-order valence-corrected chi connectivity index (χ4v) is 4.67. The summed E-state index contributed by atoms with van der Waals surface area (Å²) < 4.78 is 0. The highest BCUT2D eigenvalue weighted by atomic mass is 32.1. The molecule has 4 rings (SSSR count). The van der Waals surface area contributed by atoms with Crippen molar-refractivity contribution in [2.75, 3.05) is 20.1 Å². The average molecular weight is 406 g/mol. The number of nitrogens with one attached hydrogen (secondary N) is 1. The molecule has 0 bridgehead atoms. The molecule has 3 heterocycles. The lowest BCUT2D eigenvalue weighted by molar-refractivity contribution is -0.129. The lowest BCUT2D eigenvalue weighted by atomic mass is 9.79. The minimum Gasteiger partial charge on any atom is -0.359 e. The highest BCUT2D eigenvalue weighted by molar-refractivity contribution is 7.08. The molecule has 1 N–H and O–H groups in total. The minimum absolute atomic E-state index is 0.0178. The number of nitrogens with zero attached hydrogens (tertiary/aromatic N) is 2. The van der Waals surface area contributed by atoms with E-state index >= 15 is 0 Å². The van der Waals surface area contributed by atoms with E-state index in [9.17, 15) is 9.59 Å². The standard InChI is InChI=1S/C23H23N3O2S/c1-24-22(28)23(10-12-26(16-23)21(27)20-4-2-3-11-25-20)14-17-5-7-18(8-6-17)19-9-13-29-15-19/h2-9,11,13,15H,10,12,14,16H2,1H3,(H,24,28). The summed E-state index contributed by atoms with van der Waals surface area (Å²) >= 11 is 1.68. The first kappa shape index (κ1) is 19.3. The van der Waals surface area contributed by atoms with Crippen LogP contribution in [0.5, 0.6) is 0 Å². The number of thiophene rings is 1. The van der Waals surface area contributed by atoms with Crippen LogP contribution in [-0.2, 0) is 11.2 Å². The number of aromatic nitrogens is 1. The molecule has 0 spiro atoms. The molecule has 2 amide bonds. The van der Waals surface area contributed by atoms with E-state index < -0.39 is 5.41 Å². The number of rotatable bonds is 5. The number of hydrogen-bond acceptors (Lipinski definition) is 4. The van der Waals surface area contributed by atoms with Crippen LogP contribution in [0.25, 0.3) is 11.1 Å². The van der Waals surface area contributed by atoms with Gasteiger partial charge in [-0.1, -0.05) is 30.3 Å². The summed E-state index contributed by atoms with van der Waals surface area (Å²) in [5.41, 5.74) is 3.27. The largest absolute Gasteiger partial charge is 0.359 e. The molecule has 1 aliphatic heterocycles. The Morgan fingerprint density at radius 2 is 1.97 bits per heavy atom. The predicted octanol–water partition coefficient (Wildman–Crippen LogP) is 3.63. The van der Waals surface area contributed by atoms with Crippen molar-refractivity contribution in [2.24, 2.45) is 5.41 Å². The third-order valence-corrected chi connectivity index (χ3v) is 6.27. The van der Waals surface area contributed by atoms with E-state index in [1.165, 1.54) is 11.1 Å². The topological polar surface area (TPSA) is 62.3 Å². The van der Waals surface area contributed by atoms with E-state index in [0.29, 0.717) is 31.6 Å². The van der Waals surface area contributed by atoms with Crippen LogP contribution in [0.3, 0.4) is 0 Å². The van der Waals surface area contributed by atoms with Gasteiger partial charge in [-0.25, -0.2) is 0 Å². The molecule has 0 saturated carbocycles. The minimum atomic E-state index is -0.622. The fourth-order valence-electron chi connectivity index (χ4n) is 4.01. The quantitative estimate of drug-likeness (QED) is 0.705. The van der Waals surface area contributed by atoms with Gasteiger partial charge in [-0.2, -0.15) is 11.3 Å². The number of carbonyl (C=O) groups excluding carboxylic acids is 2. The molecule has 1 aromatic carbocycles. The Labute approximate surface area is 174 Å². The van der Waals surface area contributed by atoms with Crippen molar-refractivity contribution in [3.63, 3.8) is 0 Å². The zero-order valence-corrected chi connectivity index (χ0v) is 17.1. The molecule has 1 saturated heterocycles. The van der Waals surface area contributed by atoms with Gasteiger partial charge in [0.05, 0.1) is 5.41 Å². The molecule has 2 aromatic heterocycles. The first-order valence-corrected chi connectivity index (χ1v) is 10.6. The number of benzene rings is 1. The highest BCUT2D eigenvalue weighted by Crippen LogP contribution is 2.36. The number of likely N-dealkylation sites (tertiary alicyclic amines) is 1. The van der Waals surface area contributed by atoms with Gasteiger partial charge in [0.15, 0.2) is 0 Å². The number of amides is 2. The van der Waals surface area contributed by atoms with Gasteiger partial charge in [0, 0.05) is 26.3 Å². The predicted molar refractivity (Wildman–Crippen MR) is 115 cm³/mol. The Bertz CT molecular complexity index is 987. The van der Waals surface area contributed by atoms with Crippen LogP contribution in [-0.4, -0.2) is 41.8 Å². The first-order chi connectivity index (χ1) is 14.1. The van der Waals surface area contributed by atoms with Crippen LogP contribution in [0.4, 0.5) is 0 Å². The summed E-state index contributed by atoms with van der Waals surface area (Å²) in [5, 5.41) is 7.00. The zero-order chi connectivity index (χ0) is 20.3. The second kappa shape index (κ2) is 8.17. The Morgan fingerprint density at radius 1 is 1.14 bits per heavy atom. The third kappa shape index (κ3) is 3.93. The van der Waals surface area contributed by atoms with Gasteiger partial charge in [0.25, 0.3) is 5.91 Å². The van der Waals surface area contributed by atoms with E-state index in [0.717, 1.165) is 5.56 Å². The van der Waals surface area contributed by atoms with Crippen molar-refractivity contribution in [3.05, 3.63) is 76.7 Å². The van der Waals surface area contributed by atoms with Crippen LogP contribution < -0.4 is 5.32 Å². The molecular formula is C23H23N3O2S. The number of hydrogen-bond donors (Lipinski definition) is 1. The molecule has 1 aliphatic rings. The molecule has 6 heteroatoms. The maximum Gasteiger partial charge on any atom is 0.272 e. The Balaban J connectivity index is 1.54.